The van der Waals surface area contributed by atoms with Gasteiger partial charge in [0.2, 0.25) is 5.91 Å². The van der Waals surface area contributed by atoms with Gasteiger partial charge in [-0.05, 0) is 42.9 Å². The summed E-state index contributed by atoms with van der Waals surface area (Å²) in [7, 11) is 0. The molecule has 19 heavy (non-hydrogen) atoms. The molecular formula is C15H24N2O2. The van der Waals surface area contributed by atoms with Gasteiger partial charge < -0.3 is 16.2 Å². The normalized spacial score (nSPS) is 12.5. The number of hydrogen-bond donors (Lipinski definition) is 3. The van der Waals surface area contributed by atoms with Crippen LogP contribution in [-0.2, 0) is 11.2 Å². The van der Waals surface area contributed by atoms with E-state index in [-0.39, 0.29) is 12.5 Å². The second kappa shape index (κ2) is 7.92. The van der Waals surface area contributed by atoms with Gasteiger partial charge in [-0.3, -0.25) is 4.79 Å². The molecule has 1 aromatic carbocycles. The number of hydrogen-bond acceptors (Lipinski definition) is 3. The Morgan fingerprint density at radius 1 is 1.42 bits per heavy atom. The van der Waals surface area contributed by atoms with Gasteiger partial charge in [0.25, 0.3) is 0 Å². The van der Waals surface area contributed by atoms with Crippen LogP contribution < -0.4 is 11.1 Å². The minimum absolute atomic E-state index is 0.145. The molecule has 0 radical (unpaired) electrons. The van der Waals surface area contributed by atoms with Gasteiger partial charge in [-0.15, -0.1) is 0 Å². The molecule has 106 valence electrons. The molecule has 0 unspecified atom stereocenters. The van der Waals surface area contributed by atoms with Gasteiger partial charge in [-0.25, -0.2) is 0 Å². The number of anilines is 1. The molecule has 1 rings (SSSR count). The van der Waals surface area contributed by atoms with Crippen molar-refractivity contribution in [2.75, 3.05) is 11.9 Å². The summed E-state index contributed by atoms with van der Waals surface area (Å²) in [6.45, 7) is 4.27. The van der Waals surface area contributed by atoms with Crippen LogP contribution in [0.2, 0.25) is 0 Å². The number of carbonyl (C=O) groups excluding carboxylic acids is 1. The second-order valence-corrected chi connectivity index (χ2v) is 5.25. The van der Waals surface area contributed by atoms with Crippen molar-refractivity contribution in [3.05, 3.63) is 29.8 Å². The zero-order valence-electron chi connectivity index (χ0n) is 11.7. The van der Waals surface area contributed by atoms with E-state index in [1.54, 1.807) is 0 Å². The highest BCUT2D eigenvalue weighted by Gasteiger charge is 2.14. The van der Waals surface area contributed by atoms with E-state index in [2.05, 4.69) is 5.32 Å². The van der Waals surface area contributed by atoms with Crippen LogP contribution in [0, 0.1) is 5.92 Å². The van der Waals surface area contributed by atoms with Gasteiger partial charge in [0.15, 0.2) is 0 Å². The van der Waals surface area contributed by atoms with Crippen molar-refractivity contribution in [2.24, 2.45) is 11.7 Å². The molecule has 0 saturated heterocycles. The molecule has 4 N–H and O–H groups in total. The number of aliphatic hydroxyl groups excluding tert-OH is 1. The van der Waals surface area contributed by atoms with Crippen LogP contribution in [0.25, 0.3) is 0 Å². The summed E-state index contributed by atoms with van der Waals surface area (Å²) in [6.07, 6.45) is 2.21. The molecule has 0 aliphatic heterocycles. The van der Waals surface area contributed by atoms with Gasteiger partial charge in [-0.1, -0.05) is 26.0 Å². The summed E-state index contributed by atoms with van der Waals surface area (Å²) < 4.78 is 0. The van der Waals surface area contributed by atoms with Crippen LogP contribution >= 0.6 is 0 Å². The number of nitrogens with one attached hydrogen (secondary N) is 1. The maximum atomic E-state index is 11.9. The number of carbonyl (C=O) groups is 1. The fraction of sp³-hybridized carbons (Fsp3) is 0.533. The first kappa shape index (κ1) is 15.7. The van der Waals surface area contributed by atoms with Gasteiger partial charge >= 0.3 is 0 Å². The molecule has 0 heterocycles. The number of amides is 1. The molecule has 1 atom stereocenters. The van der Waals surface area contributed by atoms with E-state index in [4.69, 9.17) is 10.8 Å². The average molecular weight is 264 g/mol. The van der Waals surface area contributed by atoms with Gasteiger partial charge in [0.1, 0.15) is 0 Å². The van der Waals surface area contributed by atoms with Crippen LogP contribution in [0.3, 0.4) is 0 Å². The van der Waals surface area contributed by atoms with Crippen LogP contribution in [0.5, 0.6) is 0 Å². The molecule has 0 aromatic heterocycles. The number of benzene rings is 1. The summed E-state index contributed by atoms with van der Waals surface area (Å²) >= 11 is 0. The molecule has 4 heteroatoms. The topological polar surface area (TPSA) is 75.4 Å². The Hall–Kier alpha value is -1.39. The molecule has 0 bridgehead atoms. The highest BCUT2D eigenvalue weighted by molar-refractivity contribution is 5.94. The molecule has 0 spiro atoms. The van der Waals surface area contributed by atoms with Crippen molar-refractivity contribution in [3.63, 3.8) is 0 Å². The van der Waals surface area contributed by atoms with Gasteiger partial charge in [-0.2, -0.15) is 0 Å². The lowest BCUT2D eigenvalue weighted by Crippen LogP contribution is -2.36. The van der Waals surface area contributed by atoms with Gasteiger partial charge in [0.05, 0.1) is 6.04 Å². The lowest BCUT2D eigenvalue weighted by Gasteiger charge is -2.14. The zero-order valence-corrected chi connectivity index (χ0v) is 11.7. The van der Waals surface area contributed by atoms with E-state index in [0.717, 1.165) is 24.1 Å². The van der Waals surface area contributed by atoms with E-state index in [1.165, 1.54) is 0 Å². The molecular weight excluding hydrogens is 240 g/mol. The van der Waals surface area contributed by atoms with E-state index in [9.17, 15) is 4.79 Å². The molecule has 0 aliphatic carbocycles. The lowest BCUT2D eigenvalue weighted by molar-refractivity contribution is -0.117. The van der Waals surface area contributed by atoms with Gasteiger partial charge in [0, 0.05) is 12.3 Å². The number of nitrogens with two attached hydrogens (primary N) is 1. The first-order chi connectivity index (χ1) is 9.02. The van der Waals surface area contributed by atoms with Crippen molar-refractivity contribution >= 4 is 11.6 Å². The Labute approximate surface area is 115 Å². The van der Waals surface area contributed by atoms with Crippen molar-refractivity contribution in [3.8, 4) is 0 Å². The Kier molecular flexibility index (Phi) is 6.53. The third-order valence-electron chi connectivity index (χ3n) is 2.88. The first-order valence-electron chi connectivity index (χ1n) is 6.79. The van der Waals surface area contributed by atoms with Crippen molar-refractivity contribution in [1.29, 1.82) is 0 Å². The SMILES string of the molecule is CC(C)C[C@@H](N)C(=O)Nc1cccc(CCCO)c1. The fourth-order valence-electron chi connectivity index (χ4n) is 1.94. The molecule has 1 amide bonds. The van der Waals surface area contributed by atoms with E-state index >= 15 is 0 Å². The highest BCUT2D eigenvalue weighted by Crippen LogP contribution is 2.13. The third kappa shape index (κ3) is 5.85. The lowest BCUT2D eigenvalue weighted by atomic mass is 10.0. The van der Waals surface area contributed by atoms with Crippen LogP contribution in [0.4, 0.5) is 5.69 Å². The number of aliphatic hydroxyl groups is 1. The Morgan fingerprint density at radius 3 is 2.79 bits per heavy atom. The second-order valence-electron chi connectivity index (χ2n) is 5.25. The van der Waals surface area contributed by atoms with Crippen molar-refractivity contribution in [2.45, 2.75) is 39.2 Å². The first-order valence-corrected chi connectivity index (χ1v) is 6.79. The summed E-state index contributed by atoms with van der Waals surface area (Å²) in [4.78, 5) is 11.9. The standard InChI is InChI=1S/C15H24N2O2/c1-11(2)9-14(16)15(19)17-13-7-3-5-12(10-13)6-4-8-18/h3,5,7,10-11,14,18H,4,6,8-9,16H2,1-2H3,(H,17,19)/t14-/m1/s1. The van der Waals surface area contributed by atoms with Crippen molar-refractivity contribution in [1.82, 2.24) is 0 Å². The quantitative estimate of drug-likeness (QED) is 0.704. The molecule has 0 saturated carbocycles. The highest BCUT2D eigenvalue weighted by atomic mass is 16.2. The smallest absolute Gasteiger partial charge is 0.241 e. The third-order valence-corrected chi connectivity index (χ3v) is 2.88. The largest absolute Gasteiger partial charge is 0.396 e. The molecule has 0 aliphatic rings. The zero-order chi connectivity index (χ0) is 14.3. The number of aryl methyl sites for hydroxylation is 1. The number of rotatable bonds is 7. The summed E-state index contributed by atoms with van der Waals surface area (Å²) in [5.74, 6) is 0.254. The fourth-order valence-corrected chi connectivity index (χ4v) is 1.94. The molecule has 4 nitrogen and oxygen atoms in total. The average Bonchev–Trinajstić information content (AvgIpc) is 2.36. The van der Waals surface area contributed by atoms with E-state index in [1.807, 2.05) is 38.1 Å². The Balaban J connectivity index is 2.58. The van der Waals surface area contributed by atoms with Crippen LogP contribution in [0.1, 0.15) is 32.3 Å². The van der Waals surface area contributed by atoms with Crippen LogP contribution in [-0.4, -0.2) is 23.7 Å². The summed E-state index contributed by atoms with van der Waals surface area (Å²) in [5, 5.41) is 11.7. The maximum Gasteiger partial charge on any atom is 0.241 e. The summed E-state index contributed by atoms with van der Waals surface area (Å²) in [5.41, 5.74) is 7.70. The summed E-state index contributed by atoms with van der Waals surface area (Å²) in [6, 6.07) is 7.19. The minimum atomic E-state index is -0.471. The maximum absolute atomic E-state index is 11.9. The predicted octanol–water partition coefficient (Wildman–Crippen LogP) is 1.92. The predicted molar refractivity (Wildman–Crippen MR) is 77.9 cm³/mol. The van der Waals surface area contributed by atoms with Crippen molar-refractivity contribution < 1.29 is 9.90 Å². The monoisotopic (exact) mass is 264 g/mol. The molecule has 0 fully saturated rings. The Bertz CT molecular complexity index is 405. The van der Waals surface area contributed by atoms with E-state index < -0.39 is 6.04 Å². The van der Waals surface area contributed by atoms with Crippen LogP contribution in [0.15, 0.2) is 24.3 Å². The Morgan fingerprint density at radius 2 is 2.16 bits per heavy atom. The van der Waals surface area contributed by atoms with E-state index in [0.29, 0.717) is 12.3 Å². The molecule has 1 aromatic rings. The minimum Gasteiger partial charge on any atom is -0.396 e.